The minimum absolute atomic E-state index is 0.0514. The van der Waals surface area contributed by atoms with E-state index in [1.54, 1.807) is 6.20 Å². The minimum Gasteiger partial charge on any atom is -0.390 e. The molecule has 3 aliphatic rings. The maximum Gasteiger partial charge on any atom is 0.148 e. The normalized spacial score (nSPS) is 21.3. The van der Waals surface area contributed by atoms with Crippen molar-refractivity contribution in [2.24, 2.45) is 17.1 Å². The minimum atomic E-state index is -0.701. The molecule has 0 radical (unpaired) electrons. The van der Waals surface area contributed by atoms with Crippen molar-refractivity contribution >= 4 is 35.0 Å². The molecule has 2 aliphatic heterocycles. The molecule has 5 heterocycles. The van der Waals surface area contributed by atoms with Gasteiger partial charge in [0, 0.05) is 61.1 Å². The van der Waals surface area contributed by atoms with E-state index in [9.17, 15) is 5.11 Å². The van der Waals surface area contributed by atoms with Gasteiger partial charge >= 0.3 is 0 Å². The molecule has 194 valence electrons. The highest BCUT2D eigenvalue weighted by atomic mass is 35.5. The number of aliphatic hydroxyl groups is 1. The number of rotatable bonds is 5. The zero-order chi connectivity index (χ0) is 25.8. The Labute approximate surface area is 226 Å². The van der Waals surface area contributed by atoms with E-state index in [4.69, 9.17) is 22.3 Å². The van der Waals surface area contributed by atoms with Crippen LogP contribution >= 0.6 is 23.4 Å². The number of halogens is 1. The van der Waals surface area contributed by atoms with Crippen LogP contribution in [0.4, 0.5) is 11.6 Å². The van der Waals surface area contributed by atoms with Gasteiger partial charge in [0.1, 0.15) is 16.7 Å². The van der Waals surface area contributed by atoms with Crippen molar-refractivity contribution in [3.05, 3.63) is 59.3 Å². The first-order valence-corrected chi connectivity index (χ1v) is 14.0. The van der Waals surface area contributed by atoms with E-state index in [2.05, 4.69) is 30.8 Å². The first kappa shape index (κ1) is 24.9. The van der Waals surface area contributed by atoms with Gasteiger partial charge in [-0.2, -0.15) is 0 Å². The van der Waals surface area contributed by atoms with Crippen molar-refractivity contribution in [1.29, 1.82) is 0 Å². The molecule has 1 aliphatic carbocycles. The molecular formula is C27H32ClN7OS. The van der Waals surface area contributed by atoms with E-state index in [-0.39, 0.29) is 17.4 Å². The molecule has 2 fully saturated rings. The molecule has 0 saturated carbocycles. The van der Waals surface area contributed by atoms with Gasteiger partial charge in [0.2, 0.25) is 0 Å². The summed E-state index contributed by atoms with van der Waals surface area (Å²) < 4.78 is 0. The van der Waals surface area contributed by atoms with Crippen molar-refractivity contribution in [3.8, 4) is 0 Å². The van der Waals surface area contributed by atoms with E-state index < -0.39 is 5.60 Å². The number of pyridine rings is 2. The summed E-state index contributed by atoms with van der Waals surface area (Å²) in [6.07, 6.45) is 10.3. The quantitative estimate of drug-likeness (QED) is 0.497. The Morgan fingerprint density at radius 1 is 1.05 bits per heavy atom. The second-order valence-corrected chi connectivity index (χ2v) is 12.5. The number of hydrogen-bond donors (Lipinski definition) is 2. The third kappa shape index (κ3) is 4.56. The van der Waals surface area contributed by atoms with Crippen LogP contribution in [0.15, 0.2) is 52.9 Å². The molecule has 0 bridgehead atoms. The zero-order valence-corrected chi connectivity index (χ0v) is 22.7. The summed E-state index contributed by atoms with van der Waals surface area (Å²) in [5.41, 5.74) is 8.46. The van der Waals surface area contributed by atoms with Gasteiger partial charge in [0.05, 0.1) is 23.0 Å². The summed E-state index contributed by atoms with van der Waals surface area (Å²) in [6, 6.07) is 6.07. The van der Waals surface area contributed by atoms with Crippen LogP contribution in [0.25, 0.3) is 0 Å². The standard InChI is InChI=1S/C27H32ClN7OS/c1-26(2,36)17-15-35(16-17)25-23(28)20(5-9-31-25)37-22-14-32-21(13-33-22)34-10-6-27(7-11-34)12-19-18(24(27)29)4-3-8-30-19/h3-5,8-9,13-14,17,24,36H,6-7,10-12,15-16,29H2,1-2H3/t24-/m1/s1. The molecule has 3 aromatic heterocycles. The van der Waals surface area contributed by atoms with Gasteiger partial charge in [-0.1, -0.05) is 29.4 Å². The fourth-order valence-electron chi connectivity index (χ4n) is 5.77. The third-order valence-electron chi connectivity index (χ3n) is 8.37. The highest BCUT2D eigenvalue weighted by Gasteiger charge is 2.46. The van der Waals surface area contributed by atoms with Crippen LogP contribution in [0.1, 0.15) is 44.0 Å². The van der Waals surface area contributed by atoms with Crippen LogP contribution < -0.4 is 15.5 Å². The molecule has 0 amide bonds. The van der Waals surface area contributed by atoms with Crippen LogP contribution in [0.3, 0.4) is 0 Å². The maximum absolute atomic E-state index is 10.2. The van der Waals surface area contributed by atoms with Gasteiger partial charge in [0.25, 0.3) is 0 Å². The average Bonchev–Trinajstić information content (AvgIpc) is 3.12. The second-order valence-electron chi connectivity index (χ2n) is 11.1. The third-order valence-corrected chi connectivity index (χ3v) is 9.83. The SMILES string of the molecule is CC(C)(O)C1CN(c2nccc(Sc3cnc(N4CCC5(CC4)Cc4ncccc4[C@H]5N)cn3)c2Cl)C1. The largest absolute Gasteiger partial charge is 0.390 e. The smallest absolute Gasteiger partial charge is 0.148 e. The van der Waals surface area contributed by atoms with Crippen molar-refractivity contribution < 1.29 is 5.11 Å². The number of fused-ring (bicyclic) bond motifs is 1. The van der Waals surface area contributed by atoms with Gasteiger partial charge < -0.3 is 20.6 Å². The fourth-order valence-corrected chi connectivity index (χ4v) is 6.87. The Morgan fingerprint density at radius 2 is 1.84 bits per heavy atom. The average molecular weight is 538 g/mol. The molecule has 8 nitrogen and oxygen atoms in total. The number of anilines is 2. The molecule has 0 unspecified atom stereocenters. The van der Waals surface area contributed by atoms with E-state index in [1.807, 2.05) is 44.6 Å². The molecule has 6 rings (SSSR count). The van der Waals surface area contributed by atoms with Crippen LogP contribution in [-0.4, -0.2) is 56.8 Å². The predicted molar refractivity (Wildman–Crippen MR) is 146 cm³/mol. The summed E-state index contributed by atoms with van der Waals surface area (Å²) in [6.45, 7) is 6.99. The number of nitrogens with zero attached hydrogens (tertiary/aromatic N) is 6. The topological polar surface area (TPSA) is 104 Å². The molecule has 3 N–H and O–H groups in total. The predicted octanol–water partition coefficient (Wildman–Crippen LogP) is 4.12. The van der Waals surface area contributed by atoms with E-state index in [0.717, 1.165) is 72.7 Å². The number of hydrogen-bond acceptors (Lipinski definition) is 9. The van der Waals surface area contributed by atoms with Crippen molar-refractivity contribution in [2.45, 2.75) is 54.7 Å². The van der Waals surface area contributed by atoms with Crippen molar-refractivity contribution in [2.75, 3.05) is 36.0 Å². The van der Waals surface area contributed by atoms with Gasteiger partial charge in [-0.05, 0) is 56.2 Å². The lowest BCUT2D eigenvalue weighted by molar-refractivity contribution is 0.00438. The summed E-state index contributed by atoms with van der Waals surface area (Å²) in [4.78, 5) is 23.8. The Kier molecular flexibility index (Phi) is 6.30. The molecule has 10 heteroatoms. The van der Waals surface area contributed by atoms with Gasteiger partial charge in [-0.3, -0.25) is 4.98 Å². The Bertz CT molecular complexity index is 1280. The molecule has 37 heavy (non-hydrogen) atoms. The zero-order valence-electron chi connectivity index (χ0n) is 21.1. The van der Waals surface area contributed by atoms with Crippen LogP contribution in [-0.2, 0) is 6.42 Å². The lowest BCUT2D eigenvalue weighted by Gasteiger charge is -2.46. The van der Waals surface area contributed by atoms with E-state index in [0.29, 0.717) is 5.02 Å². The van der Waals surface area contributed by atoms with E-state index >= 15 is 0 Å². The Hall–Kier alpha value is -2.46. The van der Waals surface area contributed by atoms with Gasteiger partial charge in [0.15, 0.2) is 0 Å². The summed E-state index contributed by atoms with van der Waals surface area (Å²) in [5, 5.41) is 11.6. The highest BCUT2D eigenvalue weighted by Crippen LogP contribution is 2.50. The summed E-state index contributed by atoms with van der Waals surface area (Å²) in [7, 11) is 0. The van der Waals surface area contributed by atoms with Gasteiger partial charge in [-0.25, -0.2) is 15.0 Å². The molecule has 1 spiro atoms. The maximum atomic E-state index is 10.2. The van der Waals surface area contributed by atoms with Crippen LogP contribution in [0.2, 0.25) is 5.02 Å². The van der Waals surface area contributed by atoms with Gasteiger partial charge in [-0.15, -0.1) is 0 Å². The molecule has 2 saturated heterocycles. The molecule has 1 atom stereocenters. The fraction of sp³-hybridized carbons (Fsp3) is 0.481. The first-order valence-electron chi connectivity index (χ1n) is 12.8. The van der Waals surface area contributed by atoms with E-state index in [1.165, 1.54) is 17.3 Å². The van der Waals surface area contributed by atoms with Crippen molar-refractivity contribution in [3.63, 3.8) is 0 Å². The summed E-state index contributed by atoms with van der Waals surface area (Å²) >= 11 is 8.21. The molecule has 3 aromatic rings. The van der Waals surface area contributed by atoms with Crippen LogP contribution in [0, 0.1) is 11.3 Å². The lowest BCUT2D eigenvalue weighted by Crippen LogP contribution is -2.56. The number of nitrogens with two attached hydrogens (primary N) is 1. The highest BCUT2D eigenvalue weighted by molar-refractivity contribution is 7.99. The molecule has 0 aromatic carbocycles. The second kappa shape index (κ2) is 9.38. The van der Waals surface area contributed by atoms with Crippen LogP contribution in [0.5, 0.6) is 0 Å². The summed E-state index contributed by atoms with van der Waals surface area (Å²) in [5.74, 6) is 1.85. The first-order chi connectivity index (χ1) is 17.7. The monoisotopic (exact) mass is 537 g/mol. The van der Waals surface area contributed by atoms with Crippen molar-refractivity contribution in [1.82, 2.24) is 19.9 Å². The lowest BCUT2D eigenvalue weighted by atomic mass is 9.73. The Morgan fingerprint density at radius 3 is 2.51 bits per heavy atom. The molecular weight excluding hydrogens is 506 g/mol. The number of aromatic nitrogens is 4. The number of piperidine rings is 1. The Balaban J connectivity index is 1.09.